The Kier molecular flexibility index (Phi) is 4.23. The van der Waals surface area contributed by atoms with Crippen molar-refractivity contribution in [2.24, 2.45) is 5.92 Å². The van der Waals surface area contributed by atoms with Gasteiger partial charge in [0.1, 0.15) is 12.1 Å². The van der Waals surface area contributed by atoms with Crippen LogP contribution in [0.1, 0.15) is 36.1 Å². The van der Waals surface area contributed by atoms with Crippen molar-refractivity contribution in [1.29, 1.82) is 0 Å². The zero-order valence-corrected chi connectivity index (χ0v) is 14.6. The van der Waals surface area contributed by atoms with Crippen molar-refractivity contribution < 1.29 is 0 Å². The van der Waals surface area contributed by atoms with E-state index in [-0.39, 0.29) is 0 Å². The van der Waals surface area contributed by atoms with Crippen molar-refractivity contribution in [3.8, 4) is 0 Å². The lowest BCUT2D eigenvalue weighted by molar-refractivity contribution is 0.338. The minimum absolute atomic E-state index is 0.573. The first kappa shape index (κ1) is 15.6. The molecule has 126 valence electrons. The summed E-state index contributed by atoms with van der Waals surface area (Å²) >= 11 is 0. The third-order valence-electron chi connectivity index (χ3n) is 5.70. The molecule has 4 rings (SSSR count). The van der Waals surface area contributed by atoms with Gasteiger partial charge < -0.3 is 10.2 Å². The average molecular weight is 322 g/mol. The van der Waals surface area contributed by atoms with E-state index in [0.29, 0.717) is 17.9 Å². The molecule has 0 bridgehead atoms. The molecule has 0 unspecified atom stereocenters. The highest BCUT2D eigenvalue weighted by Crippen LogP contribution is 2.41. The van der Waals surface area contributed by atoms with Gasteiger partial charge in [-0.25, -0.2) is 9.97 Å². The molecule has 3 atom stereocenters. The SMILES string of the molecule is CCc1ccc([C@H]2CN(c3cc(C)ncn3)[C@@H]3CCNC[C@H]23)cc1. The van der Waals surface area contributed by atoms with E-state index in [0.717, 1.165) is 37.6 Å². The molecule has 1 aromatic heterocycles. The topological polar surface area (TPSA) is 41.1 Å². The third kappa shape index (κ3) is 2.80. The second-order valence-corrected chi connectivity index (χ2v) is 7.10. The van der Waals surface area contributed by atoms with Gasteiger partial charge in [0, 0.05) is 42.7 Å². The van der Waals surface area contributed by atoms with Crippen molar-refractivity contribution in [2.45, 2.75) is 38.6 Å². The molecule has 2 aliphatic rings. The minimum Gasteiger partial charge on any atom is -0.353 e. The number of piperidine rings is 1. The van der Waals surface area contributed by atoms with Gasteiger partial charge in [-0.15, -0.1) is 0 Å². The highest BCUT2D eigenvalue weighted by Gasteiger charge is 2.43. The van der Waals surface area contributed by atoms with Crippen LogP contribution in [0.15, 0.2) is 36.7 Å². The second-order valence-electron chi connectivity index (χ2n) is 7.10. The summed E-state index contributed by atoms with van der Waals surface area (Å²) in [5, 5.41) is 3.60. The van der Waals surface area contributed by atoms with Gasteiger partial charge in [-0.2, -0.15) is 0 Å². The molecule has 0 saturated carbocycles. The Hall–Kier alpha value is -1.94. The number of nitrogens with one attached hydrogen (secondary N) is 1. The van der Waals surface area contributed by atoms with Crippen LogP contribution in [0.25, 0.3) is 0 Å². The molecule has 1 aromatic carbocycles. The van der Waals surface area contributed by atoms with Crippen molar-refractivity contribution in [1.82, 2.24) is 15.3 Å². The molecule has 4 nitrogen and oxygen atoms in total. The first-order chi connectivity index (χ1) is 11.8. The molecule has 2 aromatic rings. The fourth-order valence-corrected chi connectivity index (χ4v) is 4.36. The molecule has 1 N–H and O–H groups in total. The number of aryl methyl sites for hydroxylation is 2. The number of hydrogen-bond donors (Lipinski definition) is 1. The normalized spacial score (nSPS) is 26.4. The van der Waals surface area contributed by atoms with Crippen LogP contribution >= 0.6 is 0 Å². The molecule has 0 spiro atoms. The molecule has 2 saturated heterocycles. The minimum atomic E-state index is 0.573. The molecule has 2 aliphatic heterocycles. The van der Waals surface area contributed by atoms with Crippen molar-refractivity contribution >= 4 is 5.82 Å². The van der Waals surface area contributed by atoms with E-state index in [1.54, 1.807) is 6.33 Å². The monoisotopic (exact) mass is 322 g/mol. The van der Waals surface area contributed by atoms with E-state index in [9.17, 15) is 0 Å². The summed E-state index contributed by atoms with van der Waals surface area (Å²) in [6.07, 6.45) is 3.99. The average Bonchev–Trinajstić information content (AvgIpc) is 3.01. The first-order valence-corrected chi connectivity index (χ1v) is 9.11. The van der Waals surface area contributed by atoms with Crippen molar-refractivity contribution in [2.75, 3.05) is 24.5 Å². The summed E-state index contributed by atoms with van der Waals surface area (Å²) in [7, 11) is 0. The summed E-state index contributed by atoms with van der Waals surface area (Å²) in [4.78, 5) is 11.4. The Labute approximate surface area is 144 Å². The van der Waals surface area contributed by atoms with Gasteiger partial charge in [-0.05, 0) is 37.4 Å². The number of fused-ring (bicyclic) bond motifs is 1. The summed E-state index contributed by atoms with van der Waals surface area (Å²) < 4.78 is 0. The van der Waals surface area contributed by atoms with Crippen LogP contribution < -0.4 is 10.2 Å². The van der Waals surface area contributed by atoms with Crippen LogP contribution in [0.3, 0.4) is 0 Å². The van der Waals surface area contributed by atoms with Gasteiger partial charge in [0.15, 0.2) is 0 Å². The molecule has 4 heteroatoms. The molecule has 0 radical (unpaired) electrons. The van der Waals surface area contributed by atoms with Gasteiger partial charge in [-0.1, -0.05) is 31.2 Å². The maximum absolute atomic E-state index is 4.56. The summed E-state index contributed by atoms with van der Waals surface area (Å²) in [6.45, 7) is 7.51. The van der Waals surface area contributed by atoms with E-state index in [1.807, 2.05) is 6.92 Å². The third-order valence-corrected chi connectivity index (χ3v) is 5.70. The van der Waals surface area contributed by atoms with Crippen LogP contribution in [-0.4, -0.2) is 35.6 Å². The van der Waals surface area contributed by atoms with Crippen LogP contribution in [-0.2, 0) is 6.42 Å². The second kappa shape index (κ2) is 6.52. The summed E-state index contributed by atoms with van der Waals surface area (Å²) in [6, 6.07) is 12.0. The predicted octanol–water partition coefficient (Wildman–Crippen LogP) is 2.93. The molecular weight excluding hydrogens is 296 g/mol. The molecule has 0 amide bonds. The maximum atomic E-state index is 4.56. The van der Waals surface area contributed by atoms with Gasteiger partial charge in [-0.3, -0.25) is 0 Å². The number of hydrogen-bond acceptors (Lipinski definition) is 4. The van der Waals surface area contributed by atoms with Gasteiger partial charge in [0.2, 0.25) is 0 Å². The summed E-state index contributed by atoms with van der Waals surface area (Å²) in [5.74, 6) is 2.32. The Morgan fingerprint density at radius 1 is 1.21 bits per heavy atom. The van der Waals surface area contributed by atoms with Crippen molar-refractivity contribution in [3.05, 3.63) is 53.5 Å². The molecular formula is C20H26N4. The summed E-state index contributed by atoms with van der Waals surface area (Å²) in [5.41, 5.74) is 3.93. The van der Waals surface area contributed by atoms with Gasteiger partial charge in [0.05, 0.1) is 0 Å². The van der Waals surface area contributed by atoms with Crippen LogP contribution in [0, 0.1) is 12.8 Å². The quantitative estimate of drug-likeness (QED) is 0.943. The largest absolute Gasteiger partial charge is 0.353 e. The number of benzene rings is 1. The fraction of sp³-hybridized carbons (Fsp3) is 0.500. The van der Waals surface area contributed by atoms with Crippen LogP contribution in [0.5, 0.6) is 0 Å². The zero-order chi connectivity index (χ0) is 16.5. The van der Waals surface area contributed by atoms with E-state index in [4.69, 9.17) is 0 Å². The molecule has 2 fully saturated rings. The number of anilines is 1. The lowest BCUT2D eigenvalue weighted by Gasteiger charge is -2.33. The first-order valence-electron chi connectivity index (χ1n) is 9.11. The molecule has 24 heavy (non-hydrogen) atoms. The number of nitrogens with zero attached hydrogens (tertiary/aromatic N) is 3. The van der Waals surface area contributed by atoms with E-state index >= 15 is 0 Å². The van der Waals surface area contributed by atoms with E-state index < -0.39 is 0 Å². The lowest BCUT2D eigenvalue weighted by Crippen LogP contribution is -2.44. The molecule has 0 aliphatic carbocycles. The van der Waals surface area contributed by atoms with Gasteiger partial charge >= 0.3 is 0 Å². The number of rotatable bonds is 3. The number of aromatic nitrogens is 2. The van der Waals surface area contributed by atoms with Crippen LogP contribution in [0.4, 0.5) is 5.82 Å². The standard InChI is InChI=1S/C20H26N4/c1-3-15-4-6-16(7-5-15)18-12-24(19-8-9-21-11-17(18)19)20-10-14(2)22-13-23-20/h4-7,10,13,17-19,21H,3,8-9,11-12H2,1-2H3/t17-,18-,19-/m1/s1. The zero-order valence-electron chi connectivity index (χ0n) is 14.6. The Morgan fingerprint density at radius 3 is 2.79 bits per heavy atom. The van der Waals surface area contributed by atoms with Gasteiger partial charge in [0.25, 0.3) is 0 Å². The van der Waals surface area contributed by atoms with E-state index in [1.165, 1.54) is 17.5 Å². The van der Waals surface area contributed by atoms with E-state index in [2.05, 4.69) is 57.4 Å². The smallest absolute Gasteiger partial charge is 0.132 e. The van der Waals surface area contributed by atoms with Crippen LogP contribution in [0.2, 0.25) is 0 Å². The highest BCUT2D eigenvalue weighted by molar-refractivity contribution is 5.45. The Balaban J connectivity index is 1.65. The predicted molar refractivity (Wildman–Crippen MR) is 97.4 cm³/mol. The highest BCUT2D eigenvalue weighted by atomic mass is 15.3. The molecule has 3 heterocycles. The van der Waals surface area contributed by atoms with Crippen molar-refractivity contribution in [3.63, 3.8) is 0 Å². The lowest BCUT2D eigenvalue weighted by atomic mass is 9.82. The Bertz CT molecular complexity index is 697. The Morgan fingerprint density at radius 2 is 2.04 bits per heavy atom. The fourth-order valence-electron chi connectivity index (χ4n) is 4.36. The maximum Gasteiger partial charge on any atom is 0.132 e.